The molecule has 3 heteroatoms. The maximum absolute atomic E-state index is 5.28. The molecule has 2 heterocycles. The Morgan fingerprint density at radius 2 is 2.33 bits per heavy atom. The van der Waals surface area contributed by atoms with E-state index in [0.29, 0.717) is 6.17 Å². The standard InChI is InChI=1S/C12H16N2O/c1-12-5-6-13-11(12)14-10-4-3-8(15-2)7-9(10)12/h3-4,7,11,13-14H,5-6H2,1-2H3/t11?,12-/m0/s1. The van der Waals surface area contributed by atoms with Gasteiger partial charge in [-0.1, -0.05) is 6.92 Å². The molecule has 1 aromatic rings. The molecule has 80 valence electrons. The highest BCUT2D eigenvalue weighted by molar-refractivity contribution is 5.64. The van der Waals surface area contributed by atoms with E-state index in [1.165, 1.54) is 17.7 Å². The van der Waals surface area contributed by atoms with Crippen LogP contribution in [0.4, 0.5) is 5.69 Å². The first-order valence-corrected chi connectivity index (χ1v) is 5.42. The molecule has 3 rings (SSSR count). The number of fused-ring (bicyclic) bond motifs is 3. The number of hydrogen-bond donors (Lipinski definition) is 2. The van der Waals surface area contributed by atoms with Gasteiger partial charge in [-0.3, -0.25) is 5.32 Å². The van der Waals surface area contributed by atoms with Crippen LogP contribution in [0.5, 0.6) is 5.75 Å². The Hall–Kier alpha value is -1.22. The molecule has 3 nitrogen and oxygen atoms in total. The van der Waals surface area contributed by atoms with Crippen molar-refractivity contribution < 1.29 is 4.74 Å². The molecule has 1 fully saturated rings. The summed E-state index contributed by atoms with van der Waals surface area (Å²) in [5, 5.41) is 7.01. The smallest absolute Gasteiger partial charge is 0.119 e. The van der Waals surface area contributed by atoms with Crippen LogP contribution >= 0.6 is 0 Å². The highest BCUT2D eigenvalue weighted by atomic mass is 16.5. The maximum atomic E-state index is 5.28. The van der Waals surface area contributed by atoms with Crippen molar-refractivity contribution in [1.82, 2.24) is 5.32 Å². The van der Waals surface area contributed by atoms with E-state index in [9.17, 15) is 0 Å². The molecule has 2 atom stereocenters. The van der Waals surface area contributed by atoms with Gasteiger partial charge in [0.2, 0.25) is 0 Å². The maximum Gasteiger partial charge on any atom is 0.119 e. The first kappa shape index (κ1) is 9.04. The van der Waals surface area contributed by atoms with Gasteiger partial charge in [-0.15, -0.1) is 0 Å². The van der Waals surface area contributed by atoms with Gasteiger partial charge in [-0.05, 0) is 36.7 Å². The summed E-state index contributed by atoms with van der Waals surface area (Å²) in [6.07, 6.45) is 1.57. The summed E-state index contributed by atoms with van der Waals surface area (Å²) in [6, 6.07) is 6.28. The van der Waals surface area contributed by atoms with E-state index in [0.717, 1.165) is 12.3 Å². The quantitative estimate of drug-likeness (QED) is 0.730. The second-order valence-corrected chi connectivity index (χ2v) is 4.61. The number of rotatable bonds is 1. The van der Waals surface area contributed by atoms with Gasteiger partial charge in [-0.2, -0.15) is 0 Å². The Kier molecular flexibility index (Phi) is 1.74. The fraction of sp³-hybridized carbons (Fsp3) is 0.500. The topological polar surface area (TPSA) is 33.3 Å². The molecule has 0 aromatic heterocycles. The van der Waals surface area contributed by atoms with E-state index in [1.807, 2.05) is 6.07 Å². The molecule has 0 radical (unpaired) electrons. The van der Waals surface area contributed by atoms with Crippen LogP contribution in [0.1, 0.15) is 18.9 Å². The highest BCUT2D eigenvalue weighted by Crippen LogP contribution is 2.46. The highest BCUT2D eigenvalue weighted by Gasteiger charge is 2.46. The predicted octanol–water partition coefficient (Wildman–Crippen LogP) is 1.70. The number of methoxy groups -OCH3 is 1. The minimum atomic E-state index is 0.226. The fourth-order valence-corrected chi connectivity index (χ4v) is 2.75. The Bertz CT molecular complexity index is 405. The molecule has 1 aromatic carbocycles. The molecule has 1 saturated heterocycles. The lowest BCUT2D eigenvalue weighted by atomic mass is 9.81. The van der Waals surface area contributed by atoms with Gasteiger partial charge in [0, 0.05) is 11.1 Å². The minimum Gasteiger partial charge on any atom is -0.497 e. The molecule has 15 heavy (non-hydrogen) atoms. The average molecular weight is 204 g/mol. The Morgan fingerprint density at radius 1 is 1.47 bits per heavy atom. The fourth-order valence-electron chi connectivity index (χ4n) is 2.75. The van der Waals surface area contributed by atoms with E-state index in [2.05, 4.69) is 29.7 Å². The van der Waals surface area contributed by atoms with Crippen molar-refractivity contribution >= 4 is 5.69 Å². The first-order chi connectivity index (χ1) is 7.24. The summed E-state index contributed by atoms with van der Waals surface area (Å²) in [5.74, 6) is 0.948. The van der Waals surface area contributed by atoms with Crippen LogP contribution in [0.15, 0.2) is 18.2 Å². The van der Waals surface area contributed by atoms with Gasteiger partial charge in [0.05, 0.1) is 13.3 Å². The average Bonchev–Trinajstić information content (AvgIpc) is 2.72. The lowest BCUT2D eigenvalue weighted by Gasteiger charge is -2.23. The third-order valence-electron chi connectivity index (χ3n) is 3.77. The molecule has 0 aliphatic carbocycles. The molecular formula is C12H16N2O. The molecule has 0 bridgehead atoms. The van der Waals surface area contributed by atoms with Crippen LogP contribution < -0.4 is 15.4 Å². The lowest BCUT2D eigenvalue weighted by molar-refractivity contribution is 0.410. The molecule has 0 saturated carbocycles. The van der Waals surface area contributed by atoms with Crippen molar-refractivity contribution in [1.29, 1.82) is 0 Å². The van der Waals surface area contributed by atoms with Gasteiger partial charge >= 0.3 is 0 Å². The number of benzene rings is 1. The van der Waals surface area contributed by atoms with Crippen molar-refractivity contribution in [2.75, 3.05) is 19.0 Å². The van der Waals surface area contributed by atoms with Gasteiger partial charge in [0.15, 0.2) is 0 Å². The van der Waals surface area contributed by atoms with Crippen molar-refractivity contribution in [2.45, 2.75) is 24.9 Å². The lowest BCUT2D eigenvalue weighted by Crippen LogP contribution is -2.38. The van der Waals surface area contributed by atoms with E-state index in [-0.39, 0.29) is 5.41 Å². The third-order valence-corrected chi connectivity index (χ3v) is 3.77. The molecule has 2 aliphatic rings. The summed E-state index contributed by atoms with van der Waals surface area (Å²) >= 11 is 0. The van der Waals surface area contributed by atoms with Crippen LogP contribution in [0, 0.1) is 0 Å². The Morgan fingerprint density at radius 3 is 3.13 bits per heavy atom. The van der Waals surface area contributed by atoms with E-state index >= 15 is 0 Å². The summed E-state index contributed by atoms with van der Waals surface area (Å²) in [5.41, 5.74) is 2.86. The van der Waals surface area contributed by atoms with Crippen LogP contribution in [-0.4, -0.2) is 19.8 Å². The second-order valence-electron chi connectivity index (χ2n) is 4.61. The zero-order valence-electron chi connectivity index (χ0n) is 9.13. The normalized spacial score (nSPS) is 32.0. The van der Waals surface area contributed by atoms with Crippen molar-refractivity contribution in [2.24, 2.45) is 0 Å². The van der Waals surface area contributed by atoms with Crippen LogP contribution in [-0.2, 0) is 5.41 Å². The van der Waals surface area contributed by atoms with Gasteiger partial charge in [0.1, 0.15) is 5.75 Å². The summed E-state index contributed by atoms with van der Waals surface area (Å²) in [7, 11) is 1.72. The predicted molar refractivity (Wildman–Crippen MR) is 60.4 cm³/mol. The van der Waals surface area contributed by atoms with Gasteiger partial charge in [-0.25, -0.2) is 0 Å². The Balaban J connectivity index is 2.11. The number of hydrogen-bond acceptors (Lipinski definition) is 3. The SMILES string of the molecule is COc1ccc2c(c1)[C@]1(C)CCNC1N2. The van der Waals surface area contributed by atoms with Crippen LogP contribution in [0.25, 0.3) is 0 Å². The van der Waals surface area contributed by atoms with Crippen LogP contribution in [0.3, 0.4) is 0 Å². The molecular weight excluding hydrogens is 188 g/mol. The zero-order valence-corrected chi connectivity index (χ0v) is 9.13. The monoisotopic (exact) mass is 204 g/mol. The van der Waals surface area contributed by atoms with E-state index in [1.54, 1.807) is 7.11 Å². The summed E-state index contributed by atoms with van der Waals surface area (Å²) < 4.78 is 5.28. The minimum absolute atomic E-state index is 0.226. The van der Waals surface area contributed by atoms with Crippen LogP contribution in [0.2, 0.25) is 0 Å². The van der Waals surface area contributed by atoms with Crippen molar-refractivity contribution in [3.8, 4) is 5.75 Å². The first-order valence-electron chi connectivity index (χ1n) is 5.42. The summed E-state index contributed by atoms with van der Waals surface area (Å²) in [4.78, 5) is 0. The third kappa shape index (κ3) is 1.10. The van der Waals surface area contributed by atoms with E-state index in [4.69, 9.17) is 4.74 Å². The largest absolute Gasteiger partial charge is 0.497 e. The summed E-state index contributed by atoms with van der Waals surface area (Å²) in [6.45, 7) is 3.40. The molecule has 2 N–H and O–H groups in total. The molecule has 1 unspecified atom stereocenters. The number of nitrogens with one attached hydrogen (secondary N) is 2. The molecule has 0 amide bonds. The number of ether oxygens (including phenoxy) is 1. The molecule has 2 aliphatic heterocycles. The zero-order chi connectivity index (χ0) is 10.5. The van der Waals surface area contributed by atoms with E-state index < -0.39 is 0 Å². The number of anilines is 1. The van der Waals surface area contributed by atoms with Crippen molar-refractivity contribution in [3.63, 3.8) is 0 Å². The van der Waals surface area contributed by atoms with Crippen molar-refractivity contribution in [3.05, 3.63) is 23.8 Å². The molecule has 0 spiro atoms. The van der Waals surface area contributed by atoms with Gasteiger partial charge in [0.25, 0.3) is 0 Å². The second kappa shape index (κ2) is 2.89. The Labute approximate surface area is 89.8 Å². The van der Waals surface area contributed by atoms with Gasteiger partial charge < -0.3 is 10.1 Å².